The number of halogens is 1. The molecule has 0 aliphatic carbocycles. The summed E-state index contributed by atoms with van der Waals surface area (Å²) in [4.78, 5) is 6.90. The summed E-state index contributed by atoms with van der Waals surface area (Å²) in [6.45, 7) is 9.03. The Morgan fingerprint density at radius 3 is 2.71 bits per heavy atom. The third-order valence-corrected chi connectivity index (χ3v) is 6.21. The number of benzene rings is 1. The molecule has 0 aromatic heterocycles. The normalized spacial score (nSPS) is 17.7. The van der Waals surface area contributed by atoms with Gasteiger partial charge in [0.2, 0.25) is 0 Å². The highest BCUT2D eigenvalue weighted by Gasteiger charge is 2.20. The average Bonchev–Trinajstić information content (AvgIpc) is 2.68. The van der Waals surface area contributed by atoms with E-state index in [2.05, 4.69) is 46.7 Å². The van der Waals surface area contributed by atoms with Crippen molar-refractivity contribution in [1.29, 1.82) is 0 Å². The number of guanidine groups is 1. The molecule has 0 bridgehead atoms. The minimum absolute atomic E-state index is 0.311. The molecule has 28 heavy (non-hydrogen) atoms. The molecule has 1 aliphatic rings. The van der Waals surface area contributed by atoms with E-state index in [1.807, 2.05) is 37.0 Å². The zero-order chi connectivity index (χ0) is 20.4. The number of nitrogens with zero attached hydrogens (tertiary/aromatic N) is 2. The summed E-state index contributed by atoms with van der Waals surface area (Å²) in [5.41, 5.74) is 1.24. The van der Waals surface area contributed by atoms with Gasteiger partial charge >= 0.3 is 0 Å². The Morgan fingerprint density at radius 2 is 2.11 bits per heavy atom. The Kier molecular flexibility index (Phi) is 10.5. The Hall–Kier alpha value is -0.950. The van der Waals surface area contributed by atoms with Gasteiger partial charge in [0.1, 0.15) is 0 Å². The van der Waals surface area contributed by atoms with Crippen LogP contribution in [0.25, 0.3) is 0 Å². The molecule has 158 valence electrons. The number of thioether (sulfide) groups is 1. The van der Waals surface area contributed by atoms with Crippen LogP contribution < -0.4 is 10.6 Å². The Morgan fingerprint density at radius 1 is 1.36 bits per heavy atom. The first kappa shape index (κ1) is 23.3. The van der Waals surface area contributed by atoms with E-state index in [1.54, 1.807) is 0 Å². The van der Waals surface area contributed by atoms with Crippen molar-refractivity contribution in [1.82, 2.24) is 15.5 Å². The maximum atomic E-state index is 6.15. The van der Waals surface area contributed by atoms with Crippen LogP contribution in [0.15, 0.2) is 29.3 Å². The molecule has 1 unspecified atom stereocenters. The molecule has 7 heteroatoms. The minimum Gasteiger partial charge on any atom is -0.377 e. The first-order chi connectivity index (χ1) is 13.5. The summed E-state index contributed by atoms with van der Waals surface area (Å²) < 4.78 is 5.67. The van der Waals surface area contributed by atoms with Crippen LogP contribution in [0, 0.1) is 0 Å². The van der Waals surface area contributed by atoms with Crippen molar-refractivity contribution in [3.05, 3.63) is 34.9 Å². The lowest BCUT2D eigenvalue weighted by Gasteiger charge is -2.33. The second kappa shape index (κ2) is 12.6. The minimum atomic E-state index is 0.311. The molecule has 0 amide bonds. The smallest absolute Gasteiger partial charge is 0.191 e. The molecule has 0 radical (unpaired) electrons. The van der Waals surface area contributed by atoms with Crippen LogP contribution in [-0.4, -0.2) is 69.1 Å². The molecule has 1 saturated heterocycles. The lowest BCUT2D eigenvalue weighted by molar-refractivity contribution is 0.0532. The van der Waals surface area contributed by atoms with Crippen LogP contribution in [0.2, 0.25) is 5.02 Å². The van der Waals surface area contributed by atoms with Crippen molar-refractivity contribution in [3.8, 4) is 0 Å². The van der Waals surface area contributed by atoms with Gasteiger partial charge in [0.15, 0.2) is 5.96 Å². The van der Waals surface area contributed by atoms with Crippen LogP contribution in [0.4, 0.5) is 0 Å². The van der Waals surface area contributed by atoms with Crippen LogP contribution >= 0.6 is 23.4 Å². The quantitative estimate of drug-likeness (QED) is 0.464. The van der Waals surface area contributed by atoms with Crippen LogP contribution in [0.5, 0.6) is 0 Å². The second-order valence-corrected chi connectivity index (χ2v) is 8.89. The summed E-state index contributed by atoms with van der Waals surface area (Å²) in [7, 11) is 1.83. The molecule has 1 aromatic rings. The van der Waals surface area contributed by atoms with Crippen molar-refractivity contribution in [2.24, 2.45) is 4.99 Å². The zero-order valence-electron chi connectivity index (χ0n) is 17.6. The van der Waals surface area contributed by atoms with Crippen molar-refractivity contribution >= 4 is 29.3 Å². The van der Waals surface area contributed by atoms with Crippen LogP contribution in [-0.2, 0) is 4.74 Å². The Labute approximate surface area is 179 Å². The summed E-state index contributed by atoms with van der Waals surface area (Å²) in [5, 5.41) is 8.19. The van der Waals surface area contributed by atoms with E-state index < -0.39 is 0 Å². The molecule has 0 saturated carbocycles. The fourth-order valence-electron chi connectivity index (χ4n) is 3.34. The number of aliphatic imine (C=N–C) groups is 1. The topological polar surface area (TPSA) is 48.9 Å². The van der Waals surface area contributed by atoms with Crippen molar-refractivity contribution in [2.75, 3.05) is 46.1 Å². The number of rotatable bonds is 9. The third-order valence-electron chi connectivity index (χ3n) is 4.97. The molecule has 1 atom stereocenters. The van der Waals surface area contributed by atoms with E-state index in [-0.39, 0.29) is 0 Å². The largest absolute Gasteiger partial charge is 0.377 e. The zero-order valence-corrected chi connectivity index (χ0v) is 19.2. The lowest BCUT2D eigenvalue weighted by Crippen LogP contribution is -2.49. The number of likely N-dealkylation sites (tertiary alicyclic amines) is 1. The first-order valence-electron chi connectivity index (χ1n) is 10.1. The van der Waals surface area contributed by atoms with E-state index in [0.29, 0.717) is 17.4 Å². The van der Waals surface area contributed by atoms with Gasteiger partial charge in [-0.25, -0.2) is 0 Å². The highest BCUT2D eigenvalue weighted by molar-refractivity contribution is 7.98. The molecule has 1 aliphatic heterocycles. The number of hydrogen-bond acceptors (Lipinski definition) is 4. The number of ether oxygens (including phenoxy) is 1. The number of piperidine rings is 1. The summed E-state index contributed by atoms with van der Waals surface area (Å²) in [6, 6.07) is 8.56. The highest BCUT2D eigenvalue weighted by atomic mass is 35.5. The first-order valence-corrected chi connectivity index (χ1v) is 11.8. The van der Waals surface area contributed by atoms with E-state index >= 15 is 0 Å². The van der Waals surface area contributed by atoms with E-state index in [4.69, 9.17) is 16.3 Å². The number of hydrogen-bond donors (Lipinski definition) is 2. The molecule has 5 nitrogen and oxygen atoms in total. The van der Waals surface area contributed by atoms with E-state index in [9.17, 15) is 0 Å². The van der Waals surface area contributed by atoms with E-state index in [0.717, 1.165) is 56.6 Å². The summed E-state index contributed by atoms with van der Waals surface area (Å²) >= 11 is 7.96. The van der Waals surface area contributed by atoms with Crippen molar-refractivity contribution in [2.45, 2.75) is 44.1 Å². The molecule has 1 aromatic carbocycles. The van der Waals surface area contributed by atoms with Gasteiger partial charge in [-0.2, -0.15) is 11.8 Å². The monoisotopic (exact) mass is 426 g/mol. The SMILES string of the molecule is CN=C(NCC(SC)c1cccc(Cl)c1)NC1CCN(CCOC(C)C)CC1. The molecule has 0 spiro atoms. The lowest BCUT2D eigenvalue weighted by atomic mass is 10.1. The second-order valence-electron chi connectivity index (χ2n) is 7.41. The molecular formula is C21H35ClN4OS. The van der Waals surface area contributed by atoms with Crippen molar-refractivity contribution in [3.63, 3.8) is 0 Å². The van der Waals surface area contributed by atoms with Gasteiger partial charge in [0.25, 0.3) is 0 Å². The fraction of sp³-hybridized carbons (Fsp3) is 0.667. The maximum absolute atomic E-state index is 6.15. The average molecular weight is 427 g/mol. The number of nitrogens with one attached hydrogen (secondary N) is 2. The van der Waals surface area contributed by atoms with E-state index in [1.165, 1.54) is 5.56 Å². The Balaban J connectivity index is 1.74. The van der Waals surface area contributed by atoms with Gasteiger partial charge in [-0.05, 0) is 50.6 Å². The van der Waals surface area contributed by atoms with Gasteiger partial charge in [-0.15, -0.1) is 0 Å². The van der Waals surface area contributed by atoms with Gasteiger partial charge in [0.05, 0.1) is 12.7 Å². The third kappa shape index (κ3) is 8.19. The van der Waals surface area contributed by atoms with Crippen molar-refractivity contribution < 1.29 is 4.74 Å². The van der Waals surface area contributed by atoms with Gasteiger partial charge < -0.3 is 20.3 Å². The summed E-state index contributed by atoms with van der Waals surface area (Å²) in [6.07, 6.45) is 4.69. The fourth-order valence-corrected chi connectivity index (χ4v) is 4.21. The molecule has 2 rings (SSSR count). The molecule has 1 fully saturated rings. The van der Waals surface area contributed by atoms with Gasteiger partial charge in [0, 0.05) is 49.5 Å². The Bertz CT molecular complexity index is 606. The predicted octanol–water partition coefficient (Wildman–Crippen LogP) is 3.80. The van der Waals surface area contributed by atoms with Crippen LogP contribution in [0.1, 0.15) is 37.5 Å². The van der Waals surface area contributed by atoms with Gasteiger partial charge in [-0.1, -0.05) is 23.7 Å². The summed E-state index contributed by atoms with van der Waals surface area (Å²) in [5.74, 6) is 0.877. The standard InChI is InChI=1S/C21H35ClN4OS/c1-16(2)27-13-12-26-10-8-19(9-11-26)25-21(23-3)24-15-20(28-4)17-6-5-7-18(22)14-17/h5-7,14,16,19-20H,8-13,15H2,1-4H3,(H2,23,24,25). The van der Waals surface area contributed by atoms with Crippen LogP contribution in [0.3, 0.4) is 0 Å². The molecular weight excluding hydrogens is 392 g/mol. The maximum Gasteiger partial charge on any atom is 0.191 e. The molecule has 1 heterocycles. The van der Waals surface area contributed by atoms with Gasteiger partial charge in [-0.3, -0.25) is 4.99 Å². The predicted molar refractivity (Wildman–Crippen MR) is 123 cm³/mol. The highest BCUT2D eigenvalue weighted by Crippen LogP contribution is 2.27. The molecule has 2 N–H and O–H groups in total.